The van der Waals surface area contributed by atoms with Crippen molar-refractivity contribution < 1.29 is 14.3 Å². The number of aromatic nitrogens is 2. The van der Waals surface area contributed by atoms with Crippen molar-refractivity contribution in [3.63, 3.8) is 0 Å². The molecule has 7 nitrogen and oxygen atoms in total. The lowest BCUT2D eigenvalue weighted by molar-refractivity contribution is 0.102. The minimum absolute atomic E-state index is 0.190. The maximum Gasteiger partial charge on any atom is 0.258 e. The van der Waals surface area contributed by atoms with Crippen molar-refractivity contribution in [2.75, 3.05) is 17.4 Å². The topological polar surface area (TPSA) is 85.4 Å². The second-order valence-corrected chi connectivity index (χ2v) is 5.81. The largest absolute Gasteiger partial charge is 0.454 e. The normalized spacial score (nSPS) is 11.9. The molecule has 7 heteroatoms. The predicted octanol–water partition coefficient (Wildman–Crippen LogP) is 3.51. The van der Waals surface area contributed by atoms with Crippen LogP contribution in [0, 0.1) is 6.92 Å². The number of hydrogen-bond donors (Lipinski definition) is 2. The van der Waals surface area contributed by atoms with Gasteiger partial charge in [0.05, 0.1) is 5.56 Å². The molecule has 1 amide bonds. The molecule has 1 aliphatic rings. The molecule has 0 aliphatic carbocycles. The number of carbonyl (C=O) groups excluding carboxylic acids is 1. The standard InChI is InChI=1S/C19H16N4O3/c1-12-2-4-14(5-3-12)23-19-20-9-13(10-21-19)18(24)22-15-6-7-16-17(8-15)26-11-25-16/h2-10H,11H2,1H3,(H,22,24)(H,20,21,23). The van der Waals surface area contributed by atoms with Gasteiger partial charge in [0, 0.05) is 29.8 Å². The SMILES string of the molecule is Cc1ccc(Nc2ncc(C(=O)Nc3ccc4c(c3)OCO4)cn2)cc1. The van der Waals surface area contributed by atoms with Crippen molar-refractivity contribution in [3.8, 4) is 11.5 Å². The molecule has 2 N–H and O–H groups in total. The number of benzene rings is 2. The molecule has 3 aromatic rings. The van der Waals surface area contributed by atoms with E-state index in [-0.39, 0.29) is 12.7 Å². The smallest absolute Gasteiger partial charge is 0.258 e. The Kier molecular flexibility index (Phi) is 4.10. The van der Waals surface area contributed by atoms with E-state index >= 15 is 0 Å². The fourth-order valence-electron chi connectivity index (χ4n) is 2.45. The Morgan fingerprint density at radius 1 is 0.962 bits per heavy atom. The summed E-state index contributed by atoms with van der Waals surface area (Å²) in [6.45, 7) is 2.21. The van der Waals surface area contributed by atoms with Gasteiger partial charge in [-0.05, 0) is 31.2 Å². The van der Waals surface area contributed by atoms with Gasteiger partial charge in [-0.1, -0.05) is 17.7 Å². The molecule has 0 radical (unpaired) electrons. The number of amides is 1. The second kappa shape index (κ2) is 6.72. The number of ether oxygens (including phenoxy) is 2. The lowest BCUT2D eigenvalue weighted by Crippen LogP contribution is -2.13. The molecule has 2 heterocycles. The van der Waals surface area contributed by atoms with Gasteiger partial charge < -0.3 is 20.1 Å². The summed E-state index contributed by atoms with van der Waals surface area (Å²) >= 11 is 0. The van der Waals surface area contributed by atoms with Crippen molar-refractivity contribution >= 4 is 23.2 Å². The highest BCUT2D eigenvalue weighted by Gasteiger charge is 2.15. The van der Waals surface area contributed by atoms with Crippen molar-refractivity contribution in [1.29, 1.82) is 0 Å². The number of anilines is 3. The zero-order valence-corrected chi connectivity index (χ0v) is 14.0. The number of rotatable bonds is 4. The molecule has 0 spiro atoms. The lowest BCUT2D eigenvalue weighted by Gasteiger charge is -2.07. The molecule has 130 valence electrons. The third-order valence-electron chi connectivity index (χ3n) is 3.85. The highest BCUT2D eigenvalue weighted by atomic mass is 16.7. The van der Waals surface area contributed by atoms with E-state index in [1.54, 1.807) is 18.2 Å². The summed E-state index contributed by atoms with van der Waals surface area (Å²) in [7, 11) is 0. The van der Waals surface area contributed by atoms with Gasteiger partial charge in [-0.15, -0.1) is 0 Å². The monoisotopic (exact) mass is 348 g/mol. The van der Waals surface area contributed by atoms with Gasteiger partial charge in [-0.25, -0.2) is 9.97 Å². The number of hydrogen-bond acceptors (Lipinski definition) is 6. The summed E-state index contributed by atoms with van der Waals surface area (Å²) in [6.07, 6.45) is 2.96. The van der Waals surface area contributed by atoms with Gasteiger partial charge in [-0.3, -0.25) is 4.79 Å². The van der Waals surface area contributed by atoms with Crippen LogP contribution >= 0.6 is 0 Å². The number of nitrogens with zero attached hydrogens (tertiary/aromatic N) is 2. The molecule has 1 aliphatic heterocycles. The van der Waals surface area contributed by atoms with Crippen LogP contribution in [0.15, 0.2) is 54.9 Å². The summed E-state index contributed by atoms with van der Waals surface area (Å²) < 4.78 is 10.5. The minimum atomic E-state index is -0.300. The van der Waals surface area contributed by atoms with Crippen LogP contribution in [0.3, 0.4) is 0 Å². The molecular weight excluding hydrogens is 332 g/mol. The molecule has 4 rings (SSSR count). The molecule has 1 aromatic heterocycles. The van der Waals surface area contributed by atoms with E-state index in [1.165, 1.54) is 18.0 Å². The van der Waals surface area contributed by atoms with Crippen LogP contribution in [0.5, 0.6) is 11.5 Å². The van der Waals surface area contributed by atoms with Crippen molar-refractivity contribution in [3.05, 3.63) is 66.0 Å². The fourth-order valence-corrected chi connectivity index (χ4v) is 2.45. The highest BCUT2D eigenvalue weighted by Crippen LogP contribution is 2.34. The van der Waals surface area contributed by atoms with Gasteiger partial charge in [0.15, 0.2) is 11.5 Å². The lowest BCUT2D eigenvalue weighted by atomic mass is 10.2. The zero-order chi connectivity index (χ0) is 17.9. The Hall–Kier alpha value is -3.61. The summed E-state index contributed by atoms with van der Waals surface area (Å²) in [5, 5.41) is 5.88. The average molecular weight is 348 g/mol. The predicted molar refractivity (Wildman–Crippen MR) is 97.0 cm³/mol. The maximum absolute atomic E-state index is 12.3. The van der Waals surface area contributed by atoms with Gasteiger partial charge in [0.25, 0.3) is 5.91 Å². The fraction of sp³-hybridized carbons (Fsp3) is 0.105. The Labute approximate surface area is 150 Å². The Morgan fingerprint density at radius 2 is 1.65 bits per heavy atom. The number of carbonyl (C=O) groups is 1. The molecule has 0 atom stereocenters. The third-order valence-corrected chi connectivity index (χ3v) is 3.85. The number of nitrogens with one attached hydrogen (secondary N) is 2. The summed E-state index contributed by atoms with van der Waals surface area (Å²) in [5.41, 5.74) is 3.03. The molecule has 0 bridgehead atoms. The number of aryl methyl sites for hydroxylation is 1. The van der Waals surface area contributed by atoms with E-state index in [0.29, 0.717) is 28.7 Å². The first-order valence-corrected chi connectivity index (χ1v) is 8.04. The summed E-state index contributed by atoms with van der Waals surface area (Å²) in [5.74, 6) is 1.40. The van der Waals surface area contributed by atoms with E-state index in [4.69, 9.17) is 9.47 Å². The van der Waals surface area contributed by atoms with Crippen LogP contribution in [0.2, 0.25) is 0 Å². The van der Waals surface area contributed by atoms with Crippen LogP contribution in [0.4, 0.5) is 17.3 Å². The van der Waals surface area contributed by atoms with Crippen molar-refractivity contribution in [1.82, 2.24) is 9.97 Å². The van der Waals surface area contributed by atoms with Gasteiger partial charge in [0.2, 0.25) is 12.7 Å². The first-order valence-electron chi connectivity index (χ1n) is 8.04. The van der Waals surface area contributed by atoms with E-state index < -0.39 is 0 Å². The first-order chi connectivity index (χ1) is 12.7. The van der Waals surface area contributed by atoms with Crippen LogP contribution in [-0.2, 0) is 0 Å². The van der Waals surface area contributed by atoms with E-state index in [1.807, 2.05) is 31.2 Å². The molecule has 0 fully saturated rings. The minimum Gasteiger partial charge on any atom is -0.454 e. The third kappa shape index (κ3) is 3.41. The molecule has 0 saturated heterocycles. The second-order valence-electron chi connectivity index (χ2n) is 5.81. The van der Waals surface area contributed by atoms with Crippen LogP contribution in [0.1, 0.15) is 15.9 Å². The van der Waals surface area contributed by atoms with Crippen molar-refractivity contribution in [2.45, 2.75) is 6.92 Å². The van der Waals surface area contributed by atoms with Crippen LogP contribution in [-0.4, -0.2) is 22.7 Å². The molecule has 0 unspecified atom stereocenters. The molecule has 0 saturated carbocycles. The van der Waals surface area contributed by atoms with E-state index in [2.05, 4.69) is 20.6 Å². The number of fused-ring (bicyclic) bond motifs is 1. The Bertz CT molecular complexity index is 940. The molecular formula is C19H16N4O3. The average Bonchev–Trinajstić information content (AvgIpc) is 3.12. The zero-order valence-electron chi connectivity index (χ0n) is 14.0. The van der Waals surface area contributed by atoms with Crippen molar-refractivity contribution in [2.24, 2.45) is 0 Å². The van der Waals surface area contributed by atoms with Gasteiger partial charge in [-0.2, -0.15) is 0 Å². The molecule has 2 aromatic carbocycles. The van der Waals surface area contributed by atoms with E-state index in [9.17, 15) is 4.79 Å². The summed E-state index contributed by atoms with van der Waals surface area (Å²) in [4.78, 5) is 20.7. The summed E-state index contributed by atoms with van der Waals surface area (Å²) in [6, 6.07) is 13.1. The van der Waals surface area contributed by atoms with Crippen LogP contribution in [0.25, 0.3) is 0 Å². The maximum atomic E-state index is 12.3. The molecule has 26 heavy (non-hydrogen) atoms. The van der Waals surface area contributed by atoms with E-state index in [0.717, 1.165) is 5.69 Å². The highest BCUT2D eigenvalue weighted by molar-refractivity contribution is 6.04. The Balaban J connectivity index is 1.42. The quantitative estimate of drug-likeness (QED) is 0.750. The Morgan fingerprint density at radius 3 is 2.42 bits per heavy atom. The van der Waals surface area contributed by atoms with Gasteiger partial charge >= 0.3 is 0 Å². The van der Waals surface area contributed by atoms with Gasteiger partial charge in [0.1, 0.15) is 0 Å². The first kappa shape index (κ1) is 15.9. The van der Waals surface area contributed by atoms with Crippen LogP contribution < -0.4 is 20.1 Å².